The molecule has 0 saturated heterocycles. The summed E-state index contributed by atoms with van der Waals surface area (Å²) in [5, 5.41) is 3.34. The van der Waals surface area contributed by atoms with Crippen LogP contribution in [0.5, 0.6) is 0 Å². The van der Waals surface area contributed by atoms with Gasteiger partial charge in [-0.3, -0.25) is 0 Å². The molecule has 0 aromatic carbocycles. The molecule has 1 heterocycles. The van der Waals surface area contributed by atoms with Crippen LogP contribution in [0.1, 0.15) is 25.1 Å². The highest BCUT2D eigenvalue weighted by molar-refractivity contribution is 7.98. The second kappa shape index (κ2) is 7.64. The quantitative estimate of drug-likeness (QED) is 0.822. The Kier molecular flexibility index (Phi) is 6.50. The van der Waals surface area contributed by atoms with Crippen molar-refractivity contribution in [2.24, 2.45) is 0 Å². The average molecular weight is 267 g/mol. The van der Waals surface area contributed by atoms with Crippen LogP contribution in [0.3, 0.4) is 0 Å². The Morgan fingerprint density at radius 2 is 2.17 bits per heavy atom. The molecule has 1 unspecified atom stereocenters. The lowest BCUT2D eigenvalue weighted by molar-refractivity contribution is 0.715. The maximum atomic E-state index is 4.71. The molecule has 0 spiro atoms. The summed E-state index contributed by atoms with van der Waals surface area (Å²) in [7, 11) is 2.12. The molecule has 0 bridgehead atoms. The summed E-state index contributed by atoms with van der Waals surface area (Å²) in [5.41, 5.74) is 2.41. The summed E-state index contributed by atoms with van der Waals surface area (Å²) >= 11 is 1.87. The lowest BCUT2D eigenvalue weighted by Gasteiger charge is -2.26. The van der Waals surface area contributed by atoms with Gasteiger partial charge in [0.05, 0.1) is 0 Å². The molecular formula is C14H25N3S. The number of anilines is 1. The number of aromatic nitrogens is 1. The molecule has 0 saturated carbocycles. The van der Waals surface area contributed by atoms with Crippen molar-refractivity contribution in [2.75, 3.05) is 30.5 Å². The fourth-order valence-corrected chi connectivity index (χ4v) is 2.50. The molecule has 1 atom stereocenters. The van der Waals surface area contributed by atoms with Gasteiger partial charge in [0, 0.05) is 31.1 Å². The third kappa shape index (κ3) is 4.18. The molecule has 1 aromatic heterocycles. The van der Waals surface area contributed by atoms with E-state index in [1.165, 1.54) is 5.56 Å². The van der Waals surface area contributed by atoms with E-state index in [2.05, 4.69) is 56.4 Å². The highest BCUT2D eigenvalue weighted by Gasteiger charge is 2.11. The van der Waals surface area contributed by atoms with Crippen molar-refractivity contribution in [3.8, 4) is 0 Å². The van der Waals surface area contributed by atoms with Crippen molar-refractivity contribution < 1.29 is 0 Å². The van der Waals surface area contributed by atoms with Crippen LogP contribution in [0.15, 0.2) is 12.1 Å². The molecule has 0 aliphatic carbocycles. The molecule has 3 nitrogen and oxygen atoms in total. The number of hydrogen-bond acceptors (Lipinski definition) is 4. The normalized spacial score (nSPS) is 12.5. The van der Waals surface area contributed by atoms with Gasteiger partial charge in [0.15, 0.2) is 0 Å². The molecule has 4 heteroatoms. The van der Waals surface area contributed by atoms with E-state index >= 15 is 0 Å². The molecule has 0 aliphatic rings. The third-order valence-electron chi connectivity index (χ3n) is 3.18. The molecule has 0 aliphatic heterocycles. The van der Waals surface area contributed by atoms with Crippen LogP contribution in [0.25, 0.3) is 0 Å². The van der Waals surface area contributed by atoms with E-state index in [-0.39, 0.29) is 0 Å². The van der Waals surface area contributed by atoms with Gasteiger partial charge in [-0.15, -0.1) is 0 Å². The highest BCUT2D eigenvalue weighted by atomic mass is 32.2. The van der Waals surface area contributed by atoms with Gasteiger partial charge in [0.1, 0.15) is 5.82 Å². The standard InChI is InChI=1S/C14H25N3S/c1-6-15-9-13-7-8-14(16-12(13)3)17(4)11(2)10-18-5/h7-8,11,15H,6,9-10H2,1-5H3. The lowest BCUT2D eigenvalue weighted by Crippen LogP contribution is -2.31. The van der Waals surface area contributed by atoms with Crippen LogP contribution < -0.4 is 10.2 Å². The first kappa shape index (κ1) is 15.3. The van der Waals surface area contributed by atoms with Crippen molar-refractivity contribution in [1.82, 2.24) is 10.3 Å². The summed E-state index contributed by atoms with van der Waals surface area (Å²) < 4.78 is 0. The van der Waals surface area contributed by atoms with Crippen molar-refractivity contribution in [1.29, 1.82) is 0 Å². The monoisotopic (exact) mass is 267 g/mol. The number of pyridine rings is 1. The Bertz CT molecular complexity index is 368. The fraction of sp³-hybridized carbons (Fsp3) is 0.643. The minimum Gasteiger partial charge on any atom is -0.356 e. The van der Waals surface area contributed by atoms with E-state index in [1.807, 2.05) is 11.8 Å². The number of hydrogen-bond donors (Lipinski definition) is 1. The van der Waals surface area contributed by atoms with Gasteiger partial charge in [-0.05, 0) is 38.3 Å². The number of thioether (sulfide) groups is 1. The molecule has 0 radical (unpaired) electrons. The van der Waals surface area contributed by atoms with Crippen LogP contribution >= 0.6 is 11.8 Å². The zero-order chi connectivity index (χ0) is 13.5. The summed E-state index contributed by atoms with van der Waals surface area (Å²) in [4.78, 5) is 6.96. The Labute approximate surface area is 115 Å². The van der Waals surface area contributed by atoms with Crippen LogP contribution in [0.4, 0.5) is 5.82 Å². The van der Waals surface area contributed by atoms with Crippen LogP contribution in [-0.2, 0) is 6.54 Å². The fourth-order valence-electron chi connectivity index (χ4n) is 1.80. The Balaban J connectivity index is 2.76. The first-order chi connectivity index (χ1) is 8.60. The number of rotatable bonds is 7. The summed E-state index contributed by atoms with van der Waals surface area (Å²) in [5.74, 6) is 2.19. The number of aryl methyl sites for hydroxylation is 1. The van der Waals surface area contributed by atoms with E-state index < -0.39 is 0 Å². The zero-order valence-electron chi connectivity index (χ0n) is 12.2. The molecule has 18 heavy (non-hydrogen) atoms. The van der Waals surface area contributed by atoms with E-state index in [1.54, 1.807) is 0 Å². The predicted octanol–water partition coefficient (Wildman–Crippen LogP) is 2.69. The second-order valence-electron chi connectivity index (χ2n) is 4.61. The highest BCUT2D eigenvalue weighted by Crippen LogP contribution is 2.17. The van der Waals surface area contributed by atoms with Crippen LogP contribution in [0.2, 0.25) is 0 Å². The van der Waals surface area contributed by atoms with Crippen LogP contribution in [0, 0.1) is 6.92 Å². The molecule has 1 N–H and O–H groups in total. The van der Waals surface area contributed by atoms with Gasteiger partial charge in [-0.1, -0.05) is 13.0 Å². The topological polar surface area (TPSA) is 28.2 Å². The SMILES string of the molecule is CCNCc1ccc(N(C)C(C)CSC)nc1C. The van der Waals surface area contributed by atoms with Gasteiger partial charge in [-0.2, -0.15) is 11.8 Å². The predicted molar refractivity (Wildman–Crippen MR) is 82.6 cm³/mol. The van der Waals surface area contributed by atoms with E-state index in [4.69, 9.17) is 4.98 Å². The zero-order valence-corrected chi connectivity index (χ0v) is 13.0. The lowest BCUT2D eigenvalue weighted by atomic mass is 10.2. The molecular weight excluding hydrogens is 242 g/mol. The molecule has 1 aromatic rings. The summed E-state index contributed by atoms with van der Waals surface area (Å²) in [6, 6.07) is 4.81. The first-order valence-electron chi connectivity index (χ1n) is 6.49. The van der Waals surface area contributed by atoms with E-state index in [0.29, 0.717) is 6.04 Å². The Morgan fingerprint density at radius 1 is 1.44 bits per heavy atom. The van der Waals surface area contributed by atoms with Gasteiger partial charge < -0.3 is 10.2 Å². The van der Waals surface area contributed by atoms with Crippen molar-refractivity contribution >= 4 is 17.6 Å². The summed E-state index contributed by atoms with van der Waals surface area (Å²) in [6.07, 6.45) is 2.14. The first-order valence-corrected chi connectivity index (χ1v) is 7.88. The maximum Gasteiger partial charge on any atom is 0.128 e. The van der Waals surface area contributed by atoms with Gasteiger partial charge in [0.2, 0.25) is 0 Å². The van der Waals surface area contributed by atoms with Crippen molar-refractivity contribution in [3.63, 3.8) is 0 Å². The van der Waals surface area contributed by atoms with Gasteiger partial charge >= 0.3 is 0 Å². The Hall–Kier alpha value is -0.740. The molecule has 102 valence electrons. The number of nitrogens with zero attached hydrogens (tertiary/aromatic N) is 2. The molecule has 1 rings (SSSR count). The van der Waals surface area contributed by atoms with Crippen LogP contribution in [-0.4, -0.2) is 36.6 Å². The molecule has 0 fully saturated rings. The smallest absolute Gasteiger partial charge is 0.128 e. The third-order valence-corrected chi connectivity index (χ3v) is 3.99. The largest absolute Gasteiger partial charge is 0.356 e. The van der Waals surface area contributed by atoms with E-state index in [0.717, 1.165) is 30.4 Å². The van der Waals surface area contributed by atoms with E-state index in [9.17, 15) is 0 Å². The second-order valence-corrected chi connectivity index (χ2v) is 5.52. The summed E-state index contributed by atoms with van der Waals surface area (Å²) in [6.45, 7) is 8.34. The average Bonchev–Trinajstić information content (AvgIpc) is 2.36. The maximum absolute atomic E-state index is 4.71. The van der Waals surface area contributed by atoms with Crippen molar-refractivity contribution in [2.45, 2.75) is 33.4 Å². The minimum absolute atomic E-state index is 0.506. The van der Waals surface area contributed by atoms with Crippen molar-refractivity contribution in [3.05, 3.63) is 23.4 Å². The number of nitrogens with one attached hydrogen (secondary N) is 1. The Morgan fingerprint density at radius 3 is 2.72 bits per heavy atom. The minimum atomic E-state index is 0.506. The molecule has 0 amide bonds. The van der Waals surface area contributed by atoms with Gasteiger partial charge in [-0.25, -0.2) is 4.98 Å². The van der Waals surface area contributed by atoms with Gasteiger partial charge in [0.25, 0.3) is 0 Å².